The van der Waals surface area contributed by atoms with E-state index < -0.39 is 11.9 Å². The van der Waals surface area contributed by atoms with Gasteiger partial charge < -0.3 is 19.8 Å². The highest BCUT2D eigenvalue weighted by Gasteiger charge is 2.27. The molecule has 8 nitrogen and oxygen atoms in total. The van der Waals surface area contributed by atoms with E-state index in [1.807, 2.05) is 35.2 Å². The van der Waals surface area contributed by atoms with Crippen LogP contribution in [0.5, 0.6) is 5.75 Å². The normalized spacial score (nSPS) is 17.1. The van der Waals surface area contributed by atoms with E-state index in [4.69, 9.17) is 9.84 Å². The summed E-state index contributed by atoms with van der Waals surface area (Å²) in [7, 11) is 0. The fourth-order valence-corrected chi connectivity index (χ4v) is 5.97. The summed E-state index contributed by atoms with van der Waals surface area (Å²) in [4.78, 5) is 39.0. The molecule has 1 unspecified atom stereocenters. The van der Waals surface area contributed by atoms with Gasteiger partial charge in [0.05, 0.1) is 12.2 Å². The van der Waals surface area contributed by atoms with Gasteiger partial charge >= 0.3 is 11.9 Å². The van der Waals surface area contributed by atoms with Crippen LogP contribution in [-0.2, 0) is 22.4 Å². The molecule has 1 saturated heterocycles. The molecule has 2 aliphatic rings. The number of carboxylic acids is 2. The average molecular weight is 551 g/mol. The Labute approximate surface area is 236 Å². The molecule has 1 atom stereocenters. The third-order valence-electron chi connectivity index (χ3n) is 8.09. The first-order chi connectivity index (χ1) is 19.4. The Balaban J connectivity index is 1.40. The van der Waals surface area contributed by atoms with Gasteiger partial charge in [-0.15, -0.1) is 0 Å². The molecule has 216 valence electrons. The minimum atomic E-state index is -0.908. The van der Waals surface area contributed by atoms with Crippen LogP contribution in [0.25, 0.3) is 0 Å². The van der Waals surface area contributed by atoms with Gasteiger partial charge in [-0.3, -0.25) is 14.5 Å². The van der Waals surface area contributed by atoms with E-state index in [1.165, 1.54) is 5.56 Å². The van der Waals surface area contributed by atoms with E-state index in [0.717, 1.165) is 94.4 Å². The maximum atomic E-state index is 12.1. The zero-order valence-corrected chi connectivity index (χ0v) is 23.4. The Kier molecular flexibility index (Phi) is 11.0. The van der Waals surface area contributed by atoms with Gasteiger partial charge in [0.1, 0.15) is 5.75 Å². The molecule has 8 heteroatoms. The minimum Gasteiger partial charge on any atom is -0.493 e. The number of ether oxygens (including phenoxy) is 1. The lowest BCUT2D eigenvalue weighted by molar-refractivity contribution is -0.137. The molecule has 0 bridgehead atoms. The number of hydrogen-bond donors (Lipinski definition) is 2. The molecule has 1 aliphatic heterocycles. The summed E-state index contributed by atoms with van der Waals surface area (Å²) in [5.41, 5.74) is 3.74. The van der Waals surface area contributed by atoms with Gasteiger partial charge in [0.2, 0.25) is 5.91 Å². The Hall–Kier alpha value is -3.39. The Morgan fingerprint density at radius 1 is 0.975 bits per heavy atom. The number of hydrogen-bond acceptors (Lipinski definition) is 5. The van der Waals surface area contributed by atoms with Gasteiger partial charge in [-0.1, -0.05) is 24.3 Å². The number of carboxylic acid groups (broad SMARTS) is 2. The summed E-state index contributed by atoms with van der Waals surface area (Å²) in [5, 5.41) is 18.5. The number of carbonyl (C=O) groups is 3. The molecule has 1 fully saturated rings. The maximum Gasteiger partial charge on any atom is 0.335 e. The van der Waals surface area contributed by atoms with Crippen LogP contribution in [0.1, 0.15) is 90.9 Å². The second-order valence-corrected chi connectivity index (χ2v) is 10.9. The number of nitrogens with zero attached hydrogens (tertiary/aromatic N) is 2. The highest BCUT2D eigenvalue weighted by Crippen LogP contribution is 2.35. The highest BCUT2D eigenvalue weighted by molar-refractivity contribution is 5.88. The molecule has 4 rings (SSSR count). The lowest BCUT2D eigenvalue weighted by Crippen LogP contribution is -2.36. The van der Waals surface area contributed by atoms with E-state index >= 15 is 0 Å². The summed E-state index contributed by atoms with van der Waals surface area (Å²) in [5.74, 6) is -0.562. The average Bonchev–Trinajstić information content (AvgIpc) is 2.95. The maximum absolute atomic E-state index is 12.1. The van der Waals surface area contributed by atoms with Crippen LogP contribution in [0, 0.1) is 0 Å². The molecule has 0 saturated carbocycles. The van der Waals surface area contributed by atoms with Crippen LogP contribution in [0.2, 0.25) is 0 Å². The molecule has 1 heterocycles. The molecule has 0 spiro atoms. The van der Waals surface area contributed by atoms with Crippen molar-refractivity contribution in [2.75, 3.05) is 32.8 Å². The Bertz CT molecular complexity index is 1170. The van der Waals surface area contributed by atoms with E-state index in [-0.39, 0.29) is 18.4 Å². The number of aliphatic carboxylic acids is 1. The summed E-state index contributed by atoms with van der Waals surface area (Å²) in [6.45, 7) is 3.71. The van der Waals surface area contributed by atoms with Gasteiger partial charge in [-0.05, 0) is 99.2 Å². The molecule has 0 aromatic heterocycles. The van der Waals surface area contributed by atoms with E-state index in [2.05, 4.69) is 11.0 Å². The topological polar surface area (TPSA) is 107 Å². The monoisotopic (exact) mass is 550 g/mol. The van der Waals surface area contributed by atoms with Crippen molar-refractivity contribution in [3.8, 4) is 5.75 Å². The van der Waals surface area contributed by atoms with Gasteiger partial charge in [0.25, 0.3) is 0 Å². The molecular formula is C32H42N2O6. The number of fused-ring (bicyclic) bond motifs is 1. The van der Waals surface area contributed by atoms with Crippen molar-refractivity contribution in [2.24, 2.45) is 0 Å². The van der Waals surface area contributed by atoms with Gasteiger partial charge in [0.15, 0.2) is 0 Å². The summed E-state index contributed by atoms with van der Waals surface area (Å²) < 4.78 is 6.18. The lowest BCUT2D eigenvalue weighted by atomic mass is 9.85. The van der Waals surface area contributed by atoms with Crippen molar-refractivity contribution in [3.63, 3.8) is 0 Å². The number of piperidine rings is 1. The predicted molar refractivity (Wildman–Crippen MR) is 153 cm³/mol. The Morgan fingerprint density at radius 3 is 2.62 bits per heavy atom. The number of carbonyl (C=O) groups excluding carboxylic acids is 1. The van der Waals surface area contributed by atoms with Gasteiger partial charge in [-0.25, -0.2) is 4.79 Å². The van der Waals surface area contributed by atoms with Crippen molar-refractivity contribution >= 4 is 17.8 Å². The van der Waals surface area contributed by atoms with Crippen LogP contribution in [0.4, 0.5) is 0 Å². The molecule has 0 radical (unpaired) electrons. The van der Waals surface area contributed by atoms with Crippen molar-refractivity contribution < 1.29 is 29.3 Å². The van der Waals surface area contributed by atoms with E-state index in [1.54, 1.807) is 6.07 Å². The van der Waals surface area contributed by atoms with Crippen LogP contribution in [0.3, 0.4) is 0 Å². The number of amides is 1. The summed E-state index contributed by atoms with van der Waals surface area (Å²) in [6.07, 6.45) is 8.75. The van der Waals surface area contributed by atoms with E-state index in [9.17, 15) is 19.5 Å². The molecule has 1 aliphatic carbocycles. The van der Waals surface area contributed by atoms with Crippen molar-refractivity contribution in [3.05, 3.63) is 64.7 Å². The summed E-state index contributed by atoms with van der Waals surface area (Å²) >= 11 is 0. The largest absolute Gasteiger partial charge is 0.493 e. The molecule has 2 aromatic carbocycles. The number of rotatable bonds is 15. The zero-order valence-electron chi connectivity index (χ0n) is 23.4. The van der Waals surface area contributed by atoms with E-state index in [0.29, 0.717) is 25.0 Å². The number of para-hydroxylation sites is 1. The molecule has 2 aromatic rings. The number of aromatic carboxylic acids is 1. The quantitative estimate of drug-likeness (QED) is 0.288. The predicted octanol–water partition coefficient (Wildman–Crippen LogP) is 5.34. The fraction of sp³-hybridized carbons (Fsp3) is 0.531. The fourth-order valence-electron chi connectivity index (χ4n) is 5.97. The Morgan fingerprint density at radius 2 is 1.82 bits per heavy atom. The first-order valence-corrected chi connectivity index (χ1v) is 14.7. The molecule has 1 amide bonds. The third kappa shape index (κ3) is 8.31. The molecule has 40 heavy (non-hydrogen) atoms. The first kappa shape index (κ1) is 29.6. The summed E-state index contributed by atoms with van der Waals surface area (Å²) in [6, 6.07) is 13.8. The van der Waals surface area contributed by atoms with Crippen LogP contribution in [0.15, 0.2) is 42.5 Å². The van der Waals surface area contributed by atoms with Crippen LogP contribution < -0.4 is 4.74 Å². The lowest BCUT2D eigenvalue weighted by Gasteiger charge is -2.36. The second kappa shape index (κ2) is 14.8. The number of aryl methyl sites for hydroxylation is 1. The zero-order chi connectivity index (χ0) is 28.3. The first-order valence-electron chi connectivity index (χ1n) is 14.7. The standard InChI is InChI=1S/C32H42N2O6/c35-30-13-3-5-19-34(30)20-8-22-40-29-12-2-1-9-24(29)17-21-33(18-6-4-14-31(36)37)28-11-7-10-25-23-26(32(38)39)15-16-27(25)28/h1-2,9,12,15-16,23,28H,3-8,10-11,13-14,17-22H2,(H,36,37)(H,38,39). The molecule has 2 N–H and O–H groups in total. The van der Waals surface area contributed by atoms with Crippen molar-refractivity contribution in [1.29, 1.82) is 0 Å². The smallest absolute Gasteiger partial charge is 0.335 e. The SMILES string of the molecule is O=C(O)CCCCN(CCc1ccccc1OCCCN1CCCCC1=O)C1CCCc2cc(C(=O)O)ccc21. The second-order valence-electron chi connectivity index (χ2n) is 10.9. The van der Waals surface area contributed by atoms with Crippen molar-refractivity contribution in [1.82, 2.24) is 9.80 Å². The molecular weight excluding hydrogens is 508 g/mol. The van der Waals surface area contributed by atoms with Crippen LogP contribution >= 0.6 is 0 Å². The number of benzene rings is 2. The van der Waals surface area contributed by atoms with Crippen LogP contribution in [-0.4, -0.2) is 70.6 Å². The third-order valence-corrected chi connectivity index (χ3v) is 8.09. The number of likely N-dealkylation sites (tertiary alicyclic amines) is 1. The highest BCUT2D eigenvalue weighted by atomic mass is 16.5. The van der Waals surface area contributed by atoms with Gasteiger partial charge in [-0.2, -0.15) is 0 Å². The van der Waals surface area contributed by atoms with Crippen molar-refractivity contribution in [2.45, 2.75) is 76.7 Å². The van der Waals surface area contributed by atoms with Gasteiger partial charge in [0, 0.05) is 38.5 Å². The minimum absolute atomic E-state index is 0.163. The number of unbranched alkanes of at least 4 members (excludes halogenated alkanes) is 1.